The lowest BCUT2D eigenvalue weighted by molar-refractivity contribution is -0.146. The Morgan fingerprint density at radius 3 is 2.58 bits per heavy atom. The number of aromatic nitrogens is 2. The smallest absolute Gasteiger partial charge is 0.254 e. The van der Waals surface area contributed by atoms with Gasteiger partial charge in [0.05, 0.1) is 17.7 Å². The second kappa shape index (κ2) is 14.2. The molecule has 0 bridgehead atoms. The van der Waals surface area contributed by atoms with Gasteiger partial charge >= 0.3 is 0 Å². The van der Waals surface area contributed by atoms with E-state index in [1.807, 2.05) is 29.4 Å². The van der Waals surface area contributed by atoms with Crippen molar-refractivity contribution in [1.29, 1.82) is 0 Å². The minimum Gasteiger partial charge on any atom is -0.348 e. The number of carbonyl (C=O) groups is 2. The molecule has 1 saturated heterocycles. The molecule has 0 unspecified atom stereocenters. The normalized spacial score (nSPS) is 14.5. The fourth-order valence-corrected chi connectivity index (χ4v) is 6.88. The molecule has 0 radical (unpaired) electrons. The largest absolute Gasteiger partial charge is 0.348 e. The molecule has 2 aromatic heterocycles. The number of imidazole rings is 1. The number of hydrogen-bond acceptors (Lipinski definition) is 7. The van der Waals surface area contributed by atoms with Crippen molar-refractivity contribution in [1.82, 2.24) is 24.7 Å². The molecule has 0 spiro atoms. The molecule has 1 aliphatic rings. The summed E-state index contributed by atoms with van der Waals surface area (Å²) in [4.78, 5) is 34.2. The molecule has 218 valence electrons. The number of thiophene rings is 1. The van der Waals surface area contributed by atoms with E-state index < -0.39 is 16.1 Å². The fraction of sp³-hybridized carbons (Fsp3) is 0.444. The van der Waals surface area contributed by atoms with E-state index in [1.54, 1.807) is 37.4 Å². The van der Waals surface area contributed by atoms with E-state index in [1.165, 1.54) is 17.4 Å². The number of aromatic amines is 1. The van der Waals surface area contributed by atoms with Crippen molar-refractivity contribution in [3.63, 3.8) is 0 Å². The van der Waals surface area contributed by atoms with Crippen LogP contribution in [-0.4, -0.2) is 66.4 Å². The van der Waals surface area contributed by atoms with Gasteiger partial charge in [-0.25, -0.2) is 18.4 Å². The number of anilines is 1. The number of rotatable bonds is 12. The Morgan fingerprint density at radius 2 is 1.95 bits per heavy atom. The number of sulfonamides is 1. The summed E-state index contributed by atoms with van der Waals surface area (Å²) in [5, 5.41) is 8.18. The summed E-state index contributed by atoms with van der Waals surface area (Å²) in [5.41, 5.74) is 2.67. The number of nitrogens with one attached hydrogen (secondary N) is 3. The summed E-state index contributed by atoms with van der Waals surface area (Å²) >= 11 is 1.45. The molecule has 3 N–H and O–H groups in total. The van der Waals surface area contributed by atoms with Gasteiger partial charge in [-0.3, -0.25) is 14.6 Å². The molecule has 1 aromatic carbocycles. The SMILES string of the molecule is CCC(=O)Nc1c(-c2cccs2)cccc1S(=O)(=O)N[C@@H](CCCc1nc[nH]c1C)C(=O)N(C)N1CCCC1.Cl. The van der Waals surface area contributed by atoms with E-state index >= 15 is 0 Å². The van der Waals surface area contributed by atoms with Crippen molar-refractivity contribution < 1.29 is 18.0 Å². The topological polar surface area (TPSA) is 127 Å². The lowest BCUT2D eigenvalue weighted by Gasteiger charge is -2.31. The first kappa shape index (κ1) is 31.8. The van der Waals surface area contributed by atoms with Gasteiger partial charge in [-0.15, -0.1) is 23.7 Å². The van der Waals surface area contributed by atoms with Crippen LogP contribution in [-0.2, 0) is 26.0 Å². The third-order valence-corrected chi connectivity index (χ3v) is 9.37. The number of amides is 2. The average Bonchev–Trinajstić information content (AvgIpc) is 3.71. The first-order chi connectivity index (χ1) is 18.7. The molecule has 3 heterocycles. The van der Waals surface area contributed by atoms with E-state index in [4.69, 9.17) is 0 Å². The lowest BCUT2D eigenvalue weighted by Crippen LogP contribution is -2.52. The number of nitrogens with zero attached hydrogens (tertiary/aromatic N) is 3. The molecule has 2 amide bonds. The van der Waals surface area contributed by atoms with E-state index in [0.29, 0.717) is 24.8 Å². The predicted molar refractivity (Wildman–Crippen MR) is 160 cm³/mol. The Hall–Kier alpha value is -2.77. The zero-order valence-corrected chi connectivity index (χ0v) is 25.4. The van der Waals surface area contributed by atoms with E-state index in [-0.39, 0.29) is 41.2 Å². The Kier molecular flexibility index (Phi) is 11.3. The number of halogens is 1. The van der Waals surface area contributed by atoms with Crippen molar-refractivity contribution in [2.75, 3.05) is 25.5 Å². The van der Waals surface area contributed by atoms with Crippen molar-refractivity contribution in [2.45, 2.75) is 63.3 Å². The van der Waals surface area contributed by atoms with Crippen LogP contribution < -0.4 is 10.0 Å². The standard InChI is InChI=1S/C27H36N6O4S2.ClH/c1-4-25(34)30-26-20(23-13-9-17-38-23)10-7-14-24(26)39(36,37)31-22(12-8-11-21-19(2)28-18-29-21)27(35)32(3)33-15-5-6-16-33;/h7,9-10,13-14,17-18,22,31H,4-6,8,11-12,15-16H2,1-3H3,(H,28,29)(H,30,34);1H/t22-;/m0./s1. The summed E-state index contributed by atoms with van der Waals surface area (Å²) in [6, 6.07) is 7.66. The highest BCUT2D eigenvalue weighted by Crippen LogP contribution is 2.36. The Balaban J connectivity index is 0.00000441. The molecule has 0 aliphatic carbocycles. The predicted octanol–water partition coefficient (Wildman–Crippen LogP) is 4.36. The fourth-order valence-electron chi connectivity index (χ4n) is 4.71. The van der Waals surface area contributed by atoms with Crippen LogP contribution in [0.1, 0.15) is 50.4 Å². The van der Waals surface area contributed by atoms with Crippen LogP contribution >= 0.6 is 23.7 Å². The van der Waals surface area contributed by atoms with Crippen molar-refractivity contribution in [2.24, 2.45) is 0 Å². The van der Waals surface area contributed by atoms with Gasteiger partial charge in [0.2, 0.25) is 15.9 Å². The van der Waals surface area contributed by atoms with Gasteiger partial charge in [-0.05, 0) is 56.5 Å². The number of benzene rings is 1. The number of likely N-dealkylation sites (N-methyl/N-ethyl adjacent to an activating group) is 1. The molecule has 40 heavy (non-hydrogen) atoms. The number of H-pyrrole nitrogens is 1. The maximum atomic E-state index is 13.9. The minimum atomic E-state index is -4.20. The van der Waals surface area contributed by atoms with Gasteiger partial charge in [0.25, 0.3) is 5.91 Å². The van der Waals surface area contributed by atoms with Crippen LogP contribution in [0.3, 0.4) is 0 Å². The minimum absolute atomic E-state index is 0. The quantitative estimate of drug-likeness (QED) is 0.280. The molecule has 4 rings (SSSR count). The molecular weight excluding hydrogens is 572 g/mol. The maximum Gasteiger partial charge on any atom is 0.254 e. The first-order valence-corrected chi connectivity index (χ1v) is 15.6. The Morgan fingerprint density at radius 1 is 1.20 bits per heavy atom. The van der Waals surface area contributed by atoms with Gasteiger partial charge in [-0.2, -0.15) is 4.72 Å². The van der Waals surface area contributed by atoms with Gasteiger partial charge in [-0.1, -0.05) is 25.1 Å². The van der Waals surface area contributed by atoms with Crippen LogP contribution in [0.25, 0.3) is 10.4 Å². The Labute approximate surface area is 246 Å². The number of para-hydroxylation sites is 1. The number of hydrogen-bond donors (Lipinski definition) is 3. The summed E-state index contributed by atoms with van der Waals surface area (Å²) in [6.07, 6.45) is 5.27. The molecule has 13 heteroatoms. The second-order valence-corrected chi connectivity index (χ2v) is 12.3. The monoisotopic (exact) mass is 608 g/mol. The first-order valence-electron chi connectivity index (χ1n) is 13.2. The van der Waals surface area contributed by atoms with Gasteiger partial charge in [0.15, 0.2) is 0 Å². The lowest BCUT2D eigenvalue weighted by atomic mass is 10.1. The molecular formula is C27H37ClN6O4S2. The molecule has 1 atom stereocenters. The maximum absolute atomic E-state index is 13.9. The third-order valence-electron chi connectivity index (χ3n) is 6.95. The second-order valence-electron chi connectivity index (χ2n) is 9.62. The van der Waals surface area contributed by atoms with Crippen molar-refractivity contribution in [3.8, 4) is 10.4 Å². The highest BCUT2D eigenvalue weighted by atomic mass is 35.5. The Bertz CT molecular complexity index is 1390. The number of aryl methyl sites for hydroxylation is 2. The molecule has 10 nitrogen and oxygen atoms in total. The van der Waals surface area contributed by atoms with Crippen LogP contribution in [0.4, 0.5) is 5.69 Å². The van der Waals surface area contributed by atoms with E-state index in [9.17, 15) is 18.0 Å². The number of hydrazine groups is 1. The van der Waals surface area contributed by atoms with Gasteiger partial charge < -0.3 is 10.3 Å². The van der Waals surface area contributed by atoms with Crippen molar-refractivity contribution >= 4 is 51.3 Å². The summed E-state index contributed by atoms with van der Waals surface area (Å²) in [5.74, 6) is -0.612. The summed E-state index contributed by atoms with van der Waals surface area (Å²) in [7, 11) is -2.51. The molecule has 1 aliphatic heterocycles. The summed E-state index contributed by atoms with van der Waals surface area (Å²) in [6.45, 7) is 5.15. The number of carbonyl (C=O) groups excluding carboxylic acids is 2. The van der Waals surface area contributed by atoms with E-state index in [2.05, 4.69) is 20.0 Å². The average molecular weight is 609 g/mol. The molecule has 3 aromatic rings. The van der Waals surface area contributed by atoms with Crippen LogP contribution in [0.5, 0.6) is 0 Å². The van der Waals surface area contributed by atoms with Crippen LogP contribution in [0.15, 0.2) is 46.9 Å². The summed E-state index contributed by atoms with van der Waals surface area (Å²) < 4.78 is 30.5. The zero-order valence-electron chi connectivity index (χ0n) is 23.0. The van der Waals surface area contributed by atoms with Gasteiger partial charge in [0, 0.05) is 42.7 Å². The van der Waals surface area contributed by atoms with Gasteiger partial charge in [0.1, 0.15) is 10.9 Å². The molecule has 0 saturated carbocycles. The highest BCUT2D eigenvalue weighted by Gasteiger charge is 2.32. The third kappa shape index (κ3) is 7.49. The van der Waals surface area contributed by atoms with Crippen LogP contribution in [0, 0.1) is 6.92 Å². The van der Waals surface area contributed by atoms with E-state index in [0.717, 1.165) is 42.2 Å². The van der Waals surface area contributed by atoms with Crippen molar-refractivity contribution in [3.05, 3.63) is 53.4 Å². The zero-order chi connectivity index (χ0) is 28.0. The van der Waals surface area contributed by atoms with Crippen LogP contribution in [0.2, 0.25) is 0 Å². The molecule has 1 fully saturated rings. The highest BCUT2D eigenvalue weighted by molar-refractivity contribution is 7.89.